The van der Waals surface area contributed by atoms with Gasteiger partial charge in [-0.25, -0.2) is 0 Å². The molecule has 1 aromatic heterocycles. The minimum atomic E-state index is -4.69. The quantitative estimate of drug-likeness (QED) is 0.907. The number of carbonyl (C=O) groups is 2. The Hall–Kier alpha value is -2.12. The lowest BCUT2D eigenvalue weighted by molar-refractivity contribution is -0.139. The van der Waals surface area contributed by atoms with Crippen LogP contribution in [0.3, 0.4) is 0 Å². The van der Waals surface area contributed by atoms with E-state index in [4.69, 9.17) is 5.11 Å². The second-order valence-corrected chi connectivity index (χ2v) is 3.79. The third-order valence-electron chi connectivity index (χ3n) is 2.36. The molecule has 0 bridgehead atoms. The third-order valence-corrected chi connectivity index (χ3v) is 2.36. The van der Waals surface area contributed by atoms with E-state index in [2.05, 4.69) is 4.98 Å². The Morgan fingerprint density at radius 3 is 2.58 bits per heavy atom. The minimum absolute atomic E-state index is 0.173. The van der Waals surface area contributed by atoms with Gasteiger partial charge in [-0.1, -0.05) is 0 Å². The Kier molecular flexibility index (Phi) is 4.47. The zero-order valence-corrected chi connectivity index (χ0v) is 9.94. The van der Waals surface area contributed by atoms with E-state index in [9.17, 15) is 22.8 Å². The van der Waals surface area contributed by atoms with E-state index in [0.29, 0.717) is 6.20 Å². The maximum Gasteiger partial charge on any atom is 0.418 e. The molecule has 19 heavy (non-hydrogen) atoms. The van der Waals surface area contributed by atoms with Gasteiger partial charge in [0.15, 0.2) is 0 Å². The Morgan fingerprint density at radius 2 is 2.05 bits per heavy atom. The highest BCUT2D eigenvalue weighted by Crippen LogP contribution is 2.31. The summed E-state index contributed by atoms with van der Waals surface area (Å²) in [5.41, 5.74) is -1.68. The molecular weight excluding hydrogens is 265 g/mol. The summed E-state index contributed by atoms with van der Waals surface area (Å²) in [4.78, 5) is 26.5. The van der Waals surface area contributed by atoms with Gasteiger partial charge >= 0.3 is 12.1 Å². The zero-order valence-electron chi connectivity index (χ0n) is 9.94. The van der Waals surface area contributed by atoms with Crippen molar-refractivity contribution in [1.29, 1.82) is 0 Å². The van der Waals surface area contributed by atoms with Gasteiger partial charge in [0.1, 0.15) is 0 Å². The molecule has 1 amide bonds. The lowest BCUT2D eigenvalue weighted by Crippen LogP contribution is -2.30. The summed E-state index contributed by atoms with van der Waals surface area (Å²) >= 11 is 0. The van der Waals surface area contributed by atoms with Gasteiger partial charge in [0.05, 0.1) is 17.5 Å². The van der Waals surface area contributed by atoms with Crippen molar-refractivity contribution in [2.75, 3.05) is 13.6 Å². The zero-order chi connectivity index (χ0) is 14.6. The van der Waals surface area contributed by atoms with E-state index in [1.54, 1.807) is 0 Å². The maximum absolute atomic E-state index is 12.7. The number of hydrogen-bond donors (Lipinski definition) is 1. The highest BCUT2D eigenvalue weighted by atomic mass is 19.4. The first kappa shape index (κ1) is 14.9. The molecule has 1 heterocycles. The SMILES string of the molecule is CN(CCC(=O)O)C(=O)c1ccncc1C(F)(F)F. The fourth-order valence-corrected chi connectivity index (χ4v) is 1.38. The van der Waals surface area contributed by atoms with Crippen molar-refractivity contribution in [2.45, 2.75) is 12.6 Å². The van der Waals surface area contributed by atoms with Gasteiger partial charge in [0, 0.05) is 26.0 Å². The molecule has 0 unspecified atom stereocenters. The van der Waals surface area contributed by atoms with E-state index in [0.717, 1.165) is 17.2 Å². The van der Waals surface area contributed by atoms with Crippen LogP contribution in [-0.2, 0) is 11.0 Å². The second kappa shape index (κ2) is 5.68. The highest BCUT2D eigenvalue weighted by molar-refractivity contribution is 5.95. The van der Waals surface area contributed by atoms with Crippen molar-refractivity contribution in [3.05, 3.63) is 29.6 Å². The van der Waals surface area contributed by atoms with E-state index < -0.39 is 29.2 Å². The molecular formula is C11H11F3N2O3. The van der Waals surface area contributed by atoms with Crippen LogP contribution in [0.5, 0.6) is 0 Å². The summed E-state index contributed by atoms with van der Waals surface area (Å²) in [7, 11) is 1.24. The molecule has 0 aromatic carbocycles. The van der Waals surface area contributed by atoms with Gasteiger partial charge in [0.2, 0.25) is 0 Å². The number of rotatable bonds is 4. The Morgan fingerprint density at radius 1 is 1.42 bits per heavy atom. The van der Waals surface area contributed by atoms with Crippen LogP contribution in [0.1, 0.15) is 22.3 Å². The van der Waals surface area contributed by atoms with E-state index in [1.807, 2.05) is 0 Å². The molecule has 104 valence electrons. The van der Waals surface area contributed by atoms with Crippen molar-refractivity contribution in [2.24, 2.45) is 0 Å². The average molecular weight is 276 g/mol. The summed E-state index contributed by atoms with van der Waals surface area (Å²) in [5, 5.41) is 8.47. The lowest BCUT2D eigenvalue weighted by Gasteiger charge is -2.18. The number of halogens is 3. The fraction of sp³-hybridized carbons (Fsp3) is 0.364. The lowest BCUT2D eigenvalue weighted by atomic mass is 10.1. The largest absolute Gasteiger partial charge is 0.481 e. The average Bonchev–Trinajstić information content (AvgIpc) is 2.34. The number of carboxylic acid groups (broad SMARTS) is 1. The maximum atomic E-state index is 12.7. The van der Waals surface area contributed by atoms with Gasteiger partial charge in [-0.05, 0) is 6.07 Å². The van der Waals surface area contributed by atoms with Crippen molar-refractivity contribution in [1.82, 2.24) is 9.88 Å². The monoisotopic (exact) mass is 276 g/mol. The number of nitrogens with zero attached hydrogens (tertiary/aromatic N) is 2. The molecule has 1 rings (SSSR count). The van der Waals surface area contributed by atoms with Crippen LogP contribution in [0.4, 0.5) is 13.2 Å². The molecule has 0 fully saturated rings. The van der Waals surface area contributed by atoms with Crippen molar-refractivity contribution < 1.29 is 27.9 Å². The highest BCUT2D eigenvalue weighted by Gasteiger charge is 2.36. The van der Waals surface area contributed by atoms with Crippen LogP contribution in [0.25, 0.3) is 0 Å². The molecule has 0 saturated carbocycles. The first-order chi connectivity index (χ1) is 8.73. The molecule has 0 saturated heterocycles. The molecule has 0 aliphatic carbocycles. The molecule has 0 atom stereocenters. The van der Waals surface area contributed by atoms with Crippen LogP contribution >= 0.6 is 0 Å². The topological polar surface area (TPSA) is 70.5 Å². The number of carbonyl (C=O) groups excluding carboxylic acids is 1. The van der Waals surface area contributed by atoms with Crippen LogP contribution in [-0.4, -0.2) is 40.5 Å². The Labute approximate surface area is 106 Å². The van der Waals surface area contributed by atoms with Gasteiger partial charge in [0.25, 0.3) is 5.91 Å². The fourth-order valence-electron chi connectivity index (χ4n) is 1.38. The molecule has 5 nitrogen and oxygen atoms in total. The van der Waals surface area contributed by atoms with Crippen LogP contribution < -0.4 is 0 Å². The van der Waals surface area contributed by atoms with Gasteiger partial charge < -0.3 is 10.0 Å². The molecule has 0 radical (unpaired) electrons. The molecule has 0 aliphatic rings. The Balaban J connectivity index is 2.97. The smallest absolute Gasteiger partial charge is 0.418 e. The second-order valence-electron chi connectivity index (χ2n) is 3.79. The normalized spacial score (nSPS) is 11.2. The molecule has 0 spiro atoms. The number of aliphatic carboxylic acids is 1. The molecule has 8 heteroatoms. The van der Waals surface area contributed by atoms with E-state index >= 15 is 0 Å². The number of amides is 1. The Bertz CT molecular complexity index is 488. The predicted octanol–water partition coefficient (Wildman–Crippen LogP) is 1.65. The molecule has 0 aliphatic heterocycles. The number of pyridine rings is 1. The van der Waals surface area contributed by atoms with E-state index in [1.165, 1.54) is 7.05 Å². The summed E-state index contributed by atoms with van der Waals surface area (Å²) in [6.07, 6.45) is -3.38. The van der Waals surface area contributed by atoms with Crippen LogP contribution in [0, 0.1) is 0 Å². The molecule has 1 N–H and O–H groups in total. The van der Waals surface area contributed by atoms with Gasteiger partial charge in [-0.2, -0.15) is 13.2 Å². The number of hydrogen-bond acceptors (Lipinski definition) is 3. The van der Waals surface area contributed by atoms with Gasteiger partial charge in [-0.3, -0.25) is 14.6 Å². The minimum Gasteiger partial charge on any atom is -0.481 e. The first-order valence-corrected chi connectivity index (χ1v) is 5.22. The summed E-state index contributed by atoms with van der Waals surface area (Å²) in [6.45, 7) is -0.173. The van der Waals surface area contributed by atoms with Crippen LogP contribution in [0.15, 0.2) is 18.5 Å². The number of carboxylic acids is 1. The van der Waals surface area contributed by atoms with Crippen molar-refractivity contribution in [3.63, 3.8) is 0 Å². The summed E-state index contributed by atoms with van der Waals surface area (Å²) < 4.78 is 38.0. The van der Waals surface area contributed by atoms with Crippen molar-refractivity contribution >= 4 is 11.9 Å². The van der Waals surface area contributed by atoms with Crippen LogP contribution in [0.2, 0.25) is 0 Å². The number of aromatic nitrogens is 1. The first-order valence-electron chi connectivity index (χ1n) is 5.22. The van der Waals surface area contributed by atoms with Crippen molar-refractivity contribution in [3.8, 4) is 0 Å². The number of alkyl halides is 3. The van der Waals surface area contributed by atoms with E-state index in [-0.39, 0.29) is 13.0 Å². The molecule has 1 aromatic rings. The summed E-state index contributed by atoms with van der Waals surface area (Å²) in [5.74, 6) is -2.03. The predicted molar refractivity (Wildman–Crippen MR) is 58.5 cm³/mol. The third kappa shape index (κ3) is 3.94. The van der Waals surface area contributed by atoms with Gasteiger partial charge in [-0.15, -0.1) is 0 Å². The standard InChI is InChI=1S/C11H11F3N2O3/c1-16(5-3-9(17)18)10(19)7-2-4-15-6-8(7)11(12,13)14/h2,4,6H,3,5H2,1H3,(H,17,18). The summed E-state index contributed by atoms with van der Waals surface area (Å²) in [6, 6.07) is 0.961.